The van der Waals surface area contributed by atoms with Gasteiger partial charge in [-0.15, -0.1) is 0 Å². The molecule has 1 heterocycles. The van der Waals surface area contributed by atoms with Crippen molar-refractivity contribution in [3.63, 3.8) is 0 Å². The van der Waals surface area contributed by atoms with Crippen molar-refractivity contribution < 1.29 is 4.79 Å². The van der Waals surface area contributed by atoms with Crippen LogP contribution in [0, 0.1) is 6.92 Å². The van der Waals surface area contributed by atoms with E-state index in [0.717, 1.165) is 16.8 Å². The van der Waals surface area contributed by atoms with Gasteiger partial charge in [0, 0.05) is 11.8 Å². The van der Waals surface area contributed by atoms with Gasteiger partial charge >= 0.3 is 0 Å². The van der Waals surface area contributed by atoms with Crippen LogP contribution in [0.5, 0.6) is 0 Å². The summed E-state index contributed by atoms with van der Waals surface area (Å²) in [6.45, 7) is 5.62. The Hall–Kier alpha value is -2.00. The highest BCUT2D eigenvalue weighted by Gasteiger charge is 2.27. The van der Waals surface area contributed by atoms with Gasteiger partial charge in [-0.2, -0.15) is 0 Å². The molecule has 21 heavy (non-hydrogen) atoms. The van der Waals surface area contributed by atoms with Gasteiger partial charge in [-0.05, 0) is 51.4 Å². The van der Waals surface area contributed by atoms with Crippen LogP contribution in [0.1, 0.15) is 25.0 Å². The number of aryl methyl sites for hydroxylation is 1. The largest absolute Gasteiger partial charge is 0.308 e. The zero-order chi connectivity index (χ0) is 15.5. The molecule has 0 amide bonds. The highest BCUT2D eigenvalue weighted by molar-refractivity contribution is 5.86. The van der Waals surface area contributed by atoms with Crippen LogP contribution in [0.4, 0.5) is 0 Å². The molecule has 1 aromatic carbocycles. The number of carbonyl (C=O) groups excluding carboxylic acids is 1. The van der Waals surface area contributed by atoms with Crippen LogP contribution in [0.25, 0.3) is 11.3 Å². The second kappa shape index (κ2) is 6.19. The fraction of sp³-hybridized carbons (Fsp3) is 0.333. The fourth-order valence-corrected chi connectivity index (χ4v) is 2.35. The first-order valence-electron chi connectivity index (χ1n) is 7.17. The van der Waals surface area contributed by atoms with Crippen molar-refractivity contribution in [1.82, 2.24) is 10.3 Å². The molecule has 0 aliphatic heterocycles. The lowest BCUT2D eigenvalue weighted by Crippen LogP contribution is -2.48. The molecule has 0 saturated heterocycles. The number of pyridine rings is 1. The molecule has 0 spiro atoms. The van der Waals surface area contributed by atoms with E-state index < -0.39 is 5.54 Å². The Morgan fingerprint density at radius 2 is 1.95 bits per heavy atom. The maximum absolute atomic E-state index is 11.8. The molecule has 0 radical (unpaired) electrons. The second-order valence-corrected chi connectivity index (χ2v) is 5.68. The van der Waals surface area contributed by atoms with Crippen molar-refractivity contribution >= 4 is 5.78 Å². The predicted molar refractivity (Wildman–Crippen MR) is 86.3 cm³/mol. The normalized spacial score (nSPS) is 13.7. The van der Waals surface area contributed by atoms with Gasteiger partial charge in [0.1, 0.15) is 5.78 Å². The first-order chi connectivity index (χ1) is 9.96. The van der Waals surface area contributed by atoms with Gasteiger partial charge in [0.2, 0.25) is 0 Å². The van der Waals surface area contributed by atoms with Crippen LogP contribution >= 0.6 is 0 Å². The van der Waals surface area contributed by atoms with E-state index in [9.17, 15) is 4.79 Å². The monoisotopic (exact) mass is 282 g/mol. The number of nitrogens with one attached hydrogen (secondary N) is 1. The highest BCUT2D eigenvalue weighted by atomic mass is 16.1. The molecule has 3 nitrogen and oxygen atoms in total. The van der Waals surface area contributed by atoms with Crippen LogP contribution in [0.3, 0.4) is 0 Å². The van der Waals surface area contributed by atoms with E-state index in [2.05, 4.69) is 29.4 Å². The summed E-state index contributed by atoms with van der Waals surface area (Å²) in [5.74, 6) is 0.132. The van der Waals surface area contributed by atoms with Crippen LogP contribution < -0.4 is 5.32 Å². The quantitative estimate of drug-likeness (QED) is 0.916. The highest BCUT2D eigenvalue weighted by Crippen LogP contribution is 2.22. The van der Waals surface area contributed by atoms with Gasteiger partial charge in [-0.3, -0.25) is 9.78 Å². The van der Waals surface area contributed by atoms with Crippen molar-refractivity contribution in [2.24, 2.45) is 0 Å². The van der Waals surface area contributed by atoms with Gasteiger partial charge in [0.25, 0.3) is 0 Å². The maximum Gasteiger partial charge on any atom is 0.149 e. The van der Waals surface area contributed by atoms with Crippen molar-refractivity contribution in [2.75, 3.05) is 7.05 Å². The van der Waals surface area contributed by atoms with Crippen LogP contribution in [0.2, 0.25) is 0 Å². The molecule has 0 aliphatic rings. The molecule has 0 bridgehead atoms. The molecule has 2 rings (SSSR count). The lowest BCUT2D eigenvalue weighted by molar-refractivity contribution is -0.122. The number of likely N-dealkylation sites (N-methyl/N-ethyl adjacent to an activating group) is 1. The first kappa shape index (κ1) is 15.4. The molecule has 0 saturated carbocycles. The minimum atomic E-state index is -0.536. The van der Waals surface area contributed by atoms with Crippen molar-refractivity contribution in [3.05, 3.63) is 53.7 Å². The number of rotatable bonds is 5. The number of hydrogen-bond acceptors (Lipinski definition) is 3. The zero-order valence-electron chi connectivity index (χ0n) is 13.1. The first-order valence-corrected chi connectivity index (χ1v) is 7.17. The number of hydrogen-bond donors (Lipinski definition) is 1. The summed E-state index contributed by atoms with van der Waals surface area (Å²) in [5, 5.41) is 3.10. The summed E-state index contributed by atoms with van der Waals surface area (Å²) in [6.07, 6.45) is 2.50. The number of nitrogens with zero attached hydrogens (tertiary/aromatic N) is 1. The second-order valence-electron chi connectivity index (χ2n) is 5.68. The van der Waals surface area contributed by atoms with Gasteiger partial charge in [0.15, 0.2) is 0 Å². The minimum Gasteiger partial charge on any atom is -0.308 e. The zero-order valence-corrected chi connectivity index (χ0v) is 13.1. The Labute approximate surface area is 126 Å². The number of ketones is 1. The van der Waals surface area contributed by atoms with Crippen molar-refractivity contribution in [1.29, 1.82) is 0 Å². The summed E-state index contributed by atoms with van der Waals surface area (Å²) in [7, 11) is 1.82. The lowest BCUT2D eigenvalue weighted by atomic mass is 9.90. The Kier molecular flexibility index (Phi) is 4.53. The van der Waals surface area contributed by atoms with E-state index in [-0.39, 0.29) is 5.78 Å². The third-order valence-corrected chi connectivity index (χ3v) is 4.13. The maximum atomic E-state index is 11.8. The number of Topliss-reactive ketones (excluding diaryl/α,β-unsaturated/α-hetero) is 1. The van der Waals surface area contributed by atoms with Crippen LogP contribution in [-0.2, 0) is 11.2 Å². The van der Waals surface area contributed by atoms with Crippen LogP contribution in [-0.4, -0.2) is 23.4 Å². The van der Waals surface area contributed by atoms with Gasteiger partial charge in [-0.1, -0.05) is 30.3 Å². The summed E-state index contributed by atoms with van der Waals surface area (Å²) >= 11 is 0. The molecular formula is C18H22N2O. The molecule has 0 fully saturated rings. The Morgan fingerprint density at radius 1 is 1.24 bits per heavy atom. The topological polar surface area (TPSA) is 42.0 Å². The molecule has 0 aliphatic carbocycles. The van der Waals surface area contributed by atoms with Crippen LogP contribution in [0.15, 0.2) is 42.6 Å². The summed E-state index contributed by atoms with van der Waals surface area (Å²) in [6, 6.07) is 12.3. The van der Waals surface area contributed by atoms with E-state index in [0.29, 0.717) is 6.42 Å². The molecule has 1 aromatic heterocycles. The van der Waals surface area contributed by atoms with Gasteiger partial charge < -0.3 is 5.32 Å². The SMILES string of the molecule is CN[C@@](C)(Cc1ccc(-c2ccccc2C)nc1)C(C)=O. The van der Waals surface area contributed by atoms with Crippen molar-refractivity contribution in [2.45, 2.75) is 32.7 Å². The number of aromatic nitrogens is 1. The summed E-state index contributed by atoms with van der Waals surface area (Å²) in [5.41, 5.74) is 3.84. The third-order valence-electron chi connectivity index (χ3n) is 4.13. The van der Waals surface area contributed by atoms with Crippen molar-refractivity contribution in [3.8, 4) is 11.3 Å². The predicted octanol–water partition coefficient (Wildman–Crippen LogP) is 3.17. The molecule has 3 heteroatoms. The van der Waals surface area contributed by atoms with E-state index >= 15 is 0 Å². The molecule has 0 unspecified atom stereocenters. The average Bonchev–Trinajstić information content (AvgIpc) is 2.48. The Morgan fingerprint density at radius 3 is 2.48 bits per heavy atom. The van der Waals surface area contributed by atoms with E-state index in [1.54, 1.807) is 6.92 Å². The average molecular weight is 282 g/mol. The van der Waals surface area contributed by atoms with E-state index in [4.69, 9.17) is 0 Å². The summed E-state index contributed by atoms with van der Waals surface area (Å²) in [4.78, 5) is 16.3. The summed E-state index contributed by atoms with van der Waals surface area (Å²) < 4.78 is 0. The third kappa shape index (κ3) is 3.37. The van der Waals surface area contributed by atoms with E-state index in [1.165, 1.54) is 5.56 Å². The molecule has 2 aromatic rings. The molecule has 1 N–H and O–H groups in total. The number of carbonyl (C=O) groups is 1. The standard InChI is InChI=1S/C18H22N2O/c1-13-7-5-6-8-16(13)17-10-9-15(12-20-17)11-18(3,19-4)14(2)21/h5-10,12,19H,11H2,1-4H3/t18-/m0/s1. The number of benzene rings is 1. The fourth-order valence-electron chi connectivity index (χ4n) is 2.35. The smallest absolute Gasteiger partial charge is 0.149 e. The lowest BCUT2D eigenvalue weighted by Gasteiger charge is -2.26. The molecular weight excluding hydrogens is 260 g/mol. The molecule has 1 atom stereocenters. The van der Waals surface area contributed by atoms with Gasteiger partial charge in [0.05, 0.1) is 11.2 Å². The van der Waals surface area contributed by atoms with E-state index in [1.807, 2.05) is 44.4 Å². The van der Waals surface area contributed by atoms with Gasteiger partial charge in [-0.25, -0.2) is 0 Å². The Bertz CT molecular complexity index is 634. The minimum absolute atomic E-state index is 0.132. The molecule has 110 valence electrons. The Balaban J connectivity index is 2.24.